The van der Waals surface area contributed by atoms with Gasteiger partial charge < -0.3 is 5.73 Å². The van der Waals surface area contributed by atoms with Crippen LogP contribution in [0.2, 0.25) is 0 Å². The molecule has 0 saturated heterocycles. The third kappa shape index (κ3) is 2.02. The van der Waals surface area contributed by atoms with E-state index in [0.717, 1.165) is 28.2 Å². The molecule has 90 valence electrons. The number of nitrogens with two attached hydrogens (primary N) is 1. The molecule has 0 aromatic carbocycles. The maximum atomic E-state index is 6.06. The van der Waals surface area contributed by atoms with Gasteiger partial charge in [0.15, 0.2) is 0 Å². The highest BCUT2D eigenvalue weighted by Crippen LogP contribution is 2.32. The fourth-order valence-electron chi connectivity index (χ4n) is 2.02. The Kier molecular flexibility index (Phi) is 2.88. The van der Waals surface area contributed by atoms with Crippen molar-refractivity contribution in [2.75, 3.05) is 5.73 Å². The zero-order valence-corrected chi connectivity index (χ0v) is 10.7. The van der Waals surface area contributed by atoms with Crippen molar-refractivity contribution in [3.63, 3.8) is 0 Å². The van der Waals surface area contributed by atoms with Gasteiger partial charge in [-0.15, -0.1) is 0 Å². The molecule has 0 aliphatic rings. The Labute approximate surface area is 101 Å². The van der Waals surface area contributed by atoms with E-state index in [0.29, 0.717) is 5.92 Å². The summed E-state index contributed by atoms with van der Waals surface area (Å²) in [6.07, 6.45) is 3.67. The van der Waals surface area contributed by atoms with Gasteiger partial charge in [0.05, 0.1) is 5.69 Å². The number of aryl methyl sites for hydroxylation is 2. The molecule has 0 aliphatic carbocycles. The van der Waals surface area contributed by atoms with Crippen molar-refractivity contribution in [2.24, 2.45) is 7.05 Å². The first-order valence-electron chi connectivity index (χ1n) is 5.75. The van der Waals surface area contributed by atoms with Gasteiger partial charge >= 0.3 is 0 Å². The van der Waals surface area contributed by atoms with E-state index in [-0.39, 0.29) is 0 Å². The van der Waals surface area contributed by atoms with Crippen molar-refractivity contribution < 1.29 is 0 Å². The molecule has 0 saturated carbocycles. The van der Waals surface area contributed by atoms with Crippen molar-refractivity contribution in [1.29, 1.82) is 0 Å². The van der Waals surface area contributed by atoms with Crippen LogP contribution in [0.4, 0.5) is 5.82 Å². The van der Waals surface area contributed by atoms with Crippen LogP contribution in [-0.4, -0.2) is 14.8 Å². The van der Waals surface area contributed by atoms with Crippen LogP contribution in [0.25, 0.3) is 11.3 Å². The van der Waals surface area contributed by atoms with Crippen LogP contribution in [0.3, 0.4) is 0 Å². The number of hydrogen-bond acceptors (Lipinski definition) is 3. The second-order valence-electron chi connectivity index (χ2n) is 4.68. The Balaban J connectivity index is 2.63. The van der Waals surface area contributed by atoms with Gasteiger partial charge in [0, 0.05) is 30.6 Å². The first kappa shape index (κ1) is 11.6. The quantitative estimate of drug-likeness (QED) is 0.862. The molecule has 2 aromatic rings. The fourth-order valence-corrected chi connectivity index (χ4v) is 2.02. The normalized spacial score (nSPS) is 11.1. The molecule has 0 spiro atoms. The highest BCUT2D eigenvalue weighted by Gasteiger charge is 2.18. The van der Waals surface area contributed by atoms with Crippen LogP contribution in [0.5, 0.6) is 0 Å². The number of nitrogen functional groups attached to an aromatic ring is 1. The van der Waals surface area contributed by atoms with Gasteiger partial charge in [-0.25, -0.2) is 0 Å². The zero-order valence-electron chi connectivity index (χ0n) is 10.7. The Morgan fingerprint density at radius 1 is 1.29 bits per heavy atom. The van der Waals surface area contributed by atoms with Crippen molar-refractivity contribution >= 4 is 5.82 Å². The summed E-state index contributed by atoms with van der Waals surface area (Å²) < 4.78 is 1.73. The van der Waals surface area contributed by atoms with Crippen molar-refractivity contribution in [3.05, 3.63) is 29.6 Å². The highest BCUT2D eigenvalue weighted by molar-refractivity contribution is 5.69. The SMILES string of the molecule is Cc1cncc(-c2nn(C)c(N)c2C(C)C)c1. The molecule has 2 rings (SSSR count). The lowest BCUT2D eigenvalue weighted by Crippen LogP contribution is -2.00. The zero-order chi connectivity index (χ0) is 12.6. The van der Waals surface area contributed by atoms with Gasteiger partial charge in [-0.05, 0) is 24.5 Å². The molecule has 0 radical (unpaired) electrons. The maximum Gasteiger partial charge on any atom is 0.125 e. The Morgan fingerprint density at radius 3 is 2.59 bits per heavy atom. The largest absolute Gasteiger partial charge is 0.384 e. The molecule has 0 fully saturated rings. The number of nitrogens with zero attached hydrogens (tertiary/aromatic N) is 3. The molecule has 0 bridgehead atoms. The summed E-state index contributed by atoms with van der Waals surface area (Å²) >= 11 is 0. The van der Waals surface area contributed by atoms with Gasteiger partial charge in [-0.2, -0.15) is 5.10 Å². The smallest absolute Gasteiger partial charge is 0.125 e. The van der Waals surface area contributed by atoms with Gasteiger partial charge in [0.1, 0.15) is 5.82 Å². The second-order valence-corrected chi connectivity index (χ2v) is 4.68. The summed E-state index contributed by atoms with van der Waals surface area (Å²) in [5.41, 5.74) is 10.3. The summed E-state index contributed by atoms with van der Waals surface area (Å²) in [6, 6.07) is 2.08. The minimum absolute atomic E-state index is 0.346. The lowest BCUT2D eigenvalue weighted by Gasteiger charge is -2.07. The van der Waals surface area contributed by atoms with E-state index in [9.17, 15) is 0 Å². The number of aromatic nitrogens is 3. The maximum absolute atomic E-state index is 6.06. The number of pyridine rings is 1. The molecule has 2 heterocycles. The van der Waals surface area contributed by atoms with E-state index in [1.54, 1.807) is 4.68 Å². The van der Waals surface area contributed by atoms with Crippen molar-refractivity contribution in [2.45, 2.75) is 26.7 Å². The van der Waals surface area contributed by atoms with E-state index in [2.05, 4.69) is 30.0 Å². The fraction of sp³-hybridized carbons (Fsp3) is 0.385. The van der Waals surface area contributed by atoms with Crippen LogP contribution >= 0.6 is 0 Å². The highest BCUT2D eigenvalue weighted by atomic mass is 15.3. The first-order chi connectivity index (χ1) is 8.00. The van der Waals surface area contributed by atoms with Crippen LogP contribution in [0.1, 0.15) is 30.9 Å². The molecule has 0 aliphatic heterocycles. The lowest BCUT2D eigenvalue weighted by atomic mass is 9.99. The molecule has 2 aromatic heterocycles. The van der Waals surface area contributed by atoms with Crippen LogP contribution in [0, 0.1) is 6.92 Å². The molecule has 0 amide bonds. The molecule has 17 heavy (non-hydrogen) atoms. The minimum atomic E-state index is 0.346. The summed E-state index contributed by atoms with van der Waals surface area (Å²) in [4.78, 5) is 4.21. The number of anilines is 1. The predicted octanol–water partition coefficient (Wildman–Crippen LogP) is 2.50. The third-order valence-electron chi connectivity index (χ3n) is 2.86. The van der Waals surface area contributed by atoms with E-state index < -0.39 is 0 Å². The minimum Gasteiger partial charge on any atom is -0.384 e. The summed E-state index contributed by atoms with van der Waals surface area (Å²) in [6.45, 7) is 6.28. The molecular formula is C13H18N4. The van der Waals surface area contributed by atoms with Crippen molar-refractivity contribution in [1.82, 2.24) is 14.8 Å². The Morgan fingerprint density at radius 2 is 2.00 bits per heavy atom. The van der Waals surface area contributed by atoms with Gasteiger partial charge in [0.25, 0.3) is 0 Å². The van der Waals surface area contributed by atoms with Crippen LogP contribution < -0.4 is 5.73 Å². The number of hydrogen-bond donors (Lipinski definition) is 1. The van der Waals surface area contributed by atoms with Crippen LogP contribution in [-0.2, 0) is 7.05 Å². The van der Waals surface area contributed by atoms with Gasteiger partial charge in [-0.1, -0.05) is 13.8 Å². The summed E-state index contributed by atoms with van der Waals surface area (Å²) in [7, 11) is 1.87. The topological polar surface area (TPSA) is 56.7 Å². The van der Waals surface area contributed by atoms with E-state index in [1.807, 2.05) is 26.4 Å². The first-order valence-corrected chi connectivity index (χ1v) is 5.75. The summed E-state index contributed by atoms with van der Waals surface area (Å²) in [5, 5.41) is 4.49. The monoisotopic (exact) mass is 230 g/mol. The summed E-state index contributed by atoms with van der Waals surface area (Å²) in [5.74, 6) is 1.08. The second kappa shape index (κ2) is 4.20. The Hall–Kier alpha value is -1.84. The third-order valence-corrected chi connectivity index (χ3v) is 2.86. The molecule has 4 nitrogen and oxygen atoms in total. The van der Waals surface area contributed by atoms with Gasteiger partial charge in [-0.3, -0.25) is 9.67 Å². The predicted molar refractivity (Wildman–Crippen MR) is 69.7 cm³/mol. The average molecular weight is 230 g/mol. The molecule has 0 atom stereocenters. The van der Waals surface area contributed by atoms with Crippen LogP contribution in [0.15, 0.2) is 18.5 Å². The molecular weight excluding hydrogens is 212 g/mol. The van der Waals surface area contributed by atoms with E-state index >= 15 is 0 Å². The average Bonchev–Trinajstić information content (AvgIpc) is 2.55. The van der Waals surface area contributed by atoms with Crippen molar-refractivity contribution in [3.8, 4) is 11.3 Å². The van der Waals surface area contributed by atoms with E-state index in [4.69, 9.17) is 5.73 Å². The number of rotatable bonds is 2. The van der Waals surface area contributed by atoms with Gasteiger partial charge in [0.2, 0.25) is 0 Å². The molecule has 0 unspecified atom stereocenters. The van der Waals surface area contributed by atoms with E-state index in [1.165, 1.54) is 0 Å². The molecule has 2 N–H and O–H groups in total. The molecule has 4 heteroatoms. The lowest BCUT2D eigenvalue weighted by molar-refractivity contribution is 0.779. The standard InChI is InChI=1S/C13H18N4/c1-8(2)11-12(16-17(4)13(11)14)10-5-9(3)6-15-7-10/h5-8H,14H2,1-4H3. The Bertz CT molecular complexity index is 540.